The lowest BCUT2D eigenvalue weighted by Crippen LogP contribution is -2.29. The first-order chi connectivity index (χ1) is 24.2. The van der Waals surface area contributed by atoms with Crippen molar-refractivity contribution in [2.75, 3.05) is 0 Å². The van der Waals surface area contributed by atoms with Gasteiger partial charge in [-0.2, -0.15) is 0 Å². The van der Waals surface area contributed by atoms with Gasteiger partial charge in [-0.25, -0.2) is 0 Å². The van der Waals surface area contributed by atoms with E-state index in [-0.39, 0.29) is 11.8 Å². The van der Waals surface area contributed by atoms with Crippen LogP contribution in [0.25, 0.3) is 22.3 Å². The second-order valence-corrected chi connectivity index (χ2v) is 12.3. The monoisotopic (exact) mass is 632 g/mol. The van der Waals surface area contributed by atoms with Crippen LogP contribution >= 0.6 is 0 Å². The SMILES string of the molecule is OC1=C2C=N/C1=C(\c1ccccc1)c1ccc([nH]1)/C(c1ccccc1)=C1/C=CC(N1)C(c1ccccc1)=c1ccc([nH]1)=C2c1ccccc1. The van der Waals surface area contributed by atoms with Gasteiger partial charge in [0.2, 0.25) is 0 Å². The van der Waals surface area contributed by atoms with E-state index >= 15 is 0 Å². The van der Waals surface area contributed by atoms with Gasteiger partial charge < -0.3 is 20.4 Å². The Labute approximate surface area is 284 Å². The fraction of sp³-hybridized carbons (Fsp3) is 0.0227. The molecule has 0 fully saturated rings. The van der Waals surface area contributed by atoms with Crippen LogP contribution in [0.1, 0.15) is 33.6 Å². The Bertz CT molecular complexity index is 2490. The third-order valence-corrected chi connectivity index (χ3v) is 9.40. The summed E-state index contributed by atoms with van der Waals surface area (Å²) in [5.74, 6) is 0.134. The summed E-state index contributed by atoms with van der Waals surface area (Å²) >= 11 is 0. The molecule has 4 N–H and O–H groups in total. The first kappa shape index (κ1) is 28.6. The number of aliphatic hydroxyl groups is 1. The van der Waals surface area contributed by atoms with Crippen molar-refractivity contribution in [1.82, 2.24) is 15.3 Å². The molecule has 3 aliphatic heterocycles. The fourth-order valence-corrected chi connectivity index (χ4v) is 7.18. The minimum Gasteiger partial charge on any atom is -0.505 e. The maximum absolute atomic E-state index is 12.2. The first-order valence-electron chi connectivity index (χ1n) is 16.5. The quantitative estimate of drug-likeness (QED) is 0.164. The van der Waals surface area contributed by atoms with Gasteiger partial charge in [0.1, 0.15) is 5.70 Å². The van der Waals surface area contributed by atoms with Crippen LogP contribution in [0.15, 0.2) is 185 Å². The molecule has 3 aliphatic rings. The molecule has 4 aromatic carbocycles. The van der Waals surface area contributed by atoms with Crippen LogP contribution in [-0.4, -0.2) is 27.3 Å². The third kappa shape index (κ3) is 5.00. The molecule has 0 saturated carbocycles. The standard InChI is InChI=1S/C44H32N4O/c49-44-32-27-45-43(44)42(31-19-11-4-12-20-31)38-26-25-37(48-38)41(30-17-9-3-10-18-30)36-24-23-35(47-36)40(29-15-7-2-8-16-29)34-22-21-33(46-34)39(32)28-13-5-1-6-14-28/h1-27,35,46-49H/b39-33?,40-34?,41-36-,43-42+. The smallest absolute Gasteiger partial charge is 0.151 e. The van der Waals surface area contributed by atoms with Gasteiger partial charge >= 0.3 is 0 Å². The van der Waals surface area contributed by atoms with E-state index in [1.54, 1.807) is 6.21 Å². The normalized spacial score (nSPS) is 19.9. The number of fused-ring (bicyclic) bond motifs is 7. The molecule has 2 aromatic heterocycles. The molecule has 5 heteroatoms. The highest BCUT2D eigenvalue weighted by Gasteiger charge is 2.28. The zero-order valence-corrected chi connectivity index (χ0v) is 26.6. The average molecular weight is 633 g/mol. The minimum atomic E-state index is -0.0998. The molecule has 0 spiro atoms. The molecule has 8 bridgehead atoms. The second-order valence-electron chi connectivity index (χ2n) is 12.3. The number of nitrogens with zero attached hydrogens (tertiary/aromatic N) is 1. The van der Waals surface area contributed by atoms with Crippen molar-refractivity contribution in [2.45, 2.75) is 6.04 Å². The van der Waals surface area contributed by atoms with E-state index in [0.29, 0.717) is 11.3 Å². The van der Waals surface area contributed by atoms with Gasteiger partial charge in [0.25, 0.3) is 0 Å². The third-order valence-electron chi connectivity index (χ3n) is 9.40. The van der Waals surface area contributed by atoms with E-state index in [2.05, 4.69) is 124 Å². The predicted molar refractivity (Wildman–Crippen MR) is 198 cm³/mol. The molecule has 0 saturated heterocycles. The number of aliphatic hydroxyl groups excluding tert-OH is 1. The lowest BCUT2D eigenvalue weighted by atomic mass is 9.95. The van der Waals surface area contributed by atoms with E-state index in [4.69, 9.17) is 4.99 Å². The van der Waals surface area contributed by atoms with Crippen molar-refractivity contribution in [3.05, 3.63) is 225 Å². The molecular weight excluding hydrogens is 601 g/mol. The largest absolute Gasteiger partial charge is 0.505 e. The zero-order chi connectivity index (χ0) is 32.7. The van der Waals surface area contributed by atoms with Gasteiger partial charge in [-0.15, -0.1) is 0 Å². The molecule has 6 aromatic rings. The number of nitrogens with one attached hydrogen (secondary N) is 3. The van der Waals surface area contributed by atoms with Gasteiger partial charge in [-0.05, 0) is 52.6 Å². The summed E-state index contributed by atoms with van der Waals surface area (Å²) in [7, 11) is 0. The van der Waals surface area contributed by atoms with Crippen LogP contribution in [0.4, 0.5) is 0 Å². The number of rotatable bonds is 4. The van der Waals surface area contributed by atoms with Crippen LogP contribution in [0, 0.1) is 0 Å². The number of aliphatic imine (C=N–C) groups is 1. The molecule has 234 valence electrons. The predicted octanol–water partition coefficient (Wildman–Crippen LogP) is 7.40. The average Bonchev–Trinajstić information content (AvgIpc) is 3.98. The van der Waals surface area contributed by atoms with Crippen LogP contribution in [-0.2, 0) is 0 Å². The Morgan fingerprint density at radius 3 is 1.67 bits per heavy atom. The number of H-pyrrole nitrogens is 2. The van der Waals surface area contributed by atoms with E-state index in [9.17, 15) is 5.11 Å². The van der Waals surface area contributed by atoms with Crippen LogP contribution in [0.3, 0.4) is 0 Å². The number of aromatic nitrogens is 2. The van der Waals surface area contributed by atoms with Crippen molar-refractivity contribution in [3.8, 4) is 0 Å². The summed E-state index contributed by atoms with van der Waals surface area (Å²) in [5.41, 5.74) is 12.1. The van der Waals surface area contributed by atoms with Crippen LogP contribution in [0.5, 0.6) is 0 Å². The van der Waals surface area contributed by atoms with E-state index in [1.165, 1.54) is 0 Å². The van der Waals surface area contributed by atoms with E-state index < -0.39 is 0 Å². The number of aromatic amines is 2. The summed E-state index contributed by atoms with van der Waals surface area (Å²) < 4.78 is 0. The molecule has 0 amide bonds. The first-order valence-corrected chi connectivity index (χ1v) is 16.5. The highest BCUT2D eigenvalue weighted by atomic mass is 16.3. The van der Waals surface area contributed by atoms with Crippen LogP contribution in [0.2, 0.25) is 0 Å². The van der Waals surface area contributed by atoms with Crippen molar-refractivity contribution in [1.29, 1.82) is 0 Å². The van der Waals surface area contributed by atoms with Crippen molar-refractivity contribution in [3.63, 3.8) is 0 Å². The molecule has 0 aliphatic carbocycles. The van der Waals surface area contributed by atoms with Crippen molar-refractivity contribution < 1.29 is 5.11 Å². The lowest BCUT2D eigenvalue weighted by molar-refractivity contribution is 0.423. The highest BCUT2D eigenvalue weighted by Crippen LogP contribution is 2.38. The summed E-state index contributed by atoms with van der Waals surface area (Å²) in [4.78, 5) is 12.5. The maximum atomic E-state index is 12.2. The summed E-state index contributed by atoms with van der Waals surface area (Å²) in [6, 6.07) is 49.7. The number of hydrogen-bond donors (Lipinski definition) is 4. The Morgan fingerprint density at radius 2 is 1.04 bits per heavy atom. The Balaban J connectivity index is 1.41. The molecule has 0 radical (unpaired) electrons. The number of hydrogen-bond acceptors (Lipinski definition) is 3. The summed E-state index contributed by atoms with van der Waals surface area (Å²) in [5, 5.41) is 18.0. The number of allylic oxidation sites excluding steroid dienone is 2. The number of benzene rings is 4. The van der Waals surface area contributed by atoms with Gasteiger partial charge in [-0.3, -0.25) is 4.99 Å². The highest BCUT2D eigenvalue weighted by molar-refractivity contribution is 6.06. The summed E-state index contributed by atoms with van der Waals surface area (Å²) in [6.07, 6.45) is 6.23. The van der Waals surface area contributed by atoms with E-state index in [1.807, 2.05) is 48.5 Å². The molecular formula is C44H32N4O. The molecule has 1 unspecified atom stereocenters. The summed E-state index contributed by atoms with van der Waals surface area (Å²) in [6.45, 7) is 0. The minimum absolute atomic E-state index is 0.0998. The van der Waals surface area contributed by atoms with Gasteiger partial charge in [0, 0.05) is 61.9 Å². The molecule has 1 atom stereocenters. The molecule has 5 nitrogen and oxygen atoms in total. The molecule has 5 heterocycles. The van der Waals surface area contributed by atoms with Gasteiger partial charge in [0.15, 0.2) is 5.76 Å². The fourth-order valence-electron chi connectivity index (χ4n) is 7.18. The Morgan fingerprint density at radius 1 is 0.510 bits per heavy atom. The topological polar surface area (TPSA) is 76.2 Å². The van der Waals surface area contributed by atoms with Crippen LogP contribution < -0.4 is 16.0 Å². The van der Waals surface area contributed by atoms with Crippen molar-refractivity contribution in [2.24, 2.45) is 4.99 Å². The Hall–Kier alpha value is -6.59. The molecule has 49 heavy (non-hydrogen) atoms. The molecule has 9 rings (SSSR count). The van der Waals surface area contributed by atoms with Gasteiger partial charge in [-0.1, -0.05) is 127 Å². The Kier molecular flexibility index (Phi) is 6.95. The lowest BCUT2D eigenvalue weighted by Gasteiger charge is -2.18. The maximum Gasteiger partial charge on any atom is 0.151 e. The van der Waals surface area contributed by atoms with Crippen molar-refractivity contribution >= 4 is 28.5 Å². The zero-order valence-electron chi connectivity index (χ0n) is 26.6. The van der Waals surface area contributed by atoms with E-state index in [0.717, 1.165) is 72.3 Å². The van der Waals surface area contributed by atoms with Gasteiger partial charge in [0.05, 0.1) is 6.04 Å². The second kappa shape index (κ2) is 11.9.